The van der Waals surface area contributed by atoms with Gasteiger partial charge in [0, 0.05) is 6.42 Å². The van der Waals surface area contributed by atoms with Gasteiger partial charge in [0.1, 0.15) is 6.10 Å². The van der Waals surface area contributed by atoms with Gasteiger partial charge < -0.3 is 20.3 Å². The number of hydrogen-bond donors (Lipinski definition) is 3. The number of aliphatic hydroxyl groups excluding tert-OH is 2. The van der Waals surface area contributed by atoms with Crippen molar-refractivity contribution in [3.05, 3.63) is 60.8 Å². The van der Waals surface area contributed by atoms with Crippen molar-refractivity contribution in [2.24, 2.45) is 0 Å². The predicted octanol–water partition coefficient (Wildman–Crippen LogP) is 17.6. The molecule has 3 N–H and O–H groups in total. The first-order valence-corrected chi connectivity index (χ1v) is 28.5. The van der Waals surface area contributed by atoms with Gasteiger partial charge in [0.05, 0.1) is 25.2 Å². The number of rotatable bonds is 51. The summed E-state index contributed by atoms with van der Waals surface area (Å²) in [6.07, 6.45) is 67.2. The summed E-state index contributed by atoms with van der Waals surface area (Å²) in [5.41, 5.74) is 0. The van der Waals surface area contributed by atoms with Gasteiger partial charge in [-0.2, -0.15) is 0 Å². The molecule has 3 atom stereocenters. The lowest BCUT2D eigenvalue weighted by Gasteiger charge is -2.24. The highest BCUT2D eigenvalue weighted by Gasteiger charge is 2.24. The molecular weight excluding hydrogens is 815 g/mol. The number of carbonyl (C=O) groups is 2. The van der Waals surface area contributed by atoms with Crippen LogP contribution in [-0.4, -0.2) is 46.9 Å². The van der Waals surface area contributed by atoms with Crippen LogP contribution < -0.4 is 5.32 Å². The van der Waals surface area contributed by atoms with Crippen LogP contribution in [0.3, 0.4) is 0 Å². The molecule has 384 valence electrons. The third-order valence-corrected chi connectivity index (χ3v) is 12.9. The van der Waals surface area contributed by atoms with E-state index in [9.17, 15) is 19.8 Å². The van der Waals surface area contributed by atoms with Crippen LogP contribution in [0.15, 0.2) is 60.8 Å². The van der Waals surface area contributed by atoms with Crippen LogP contribution in [0.5, 0.6) is 0 Å². The fourth-order valence-corrected chi connectivity index (χ4v) is 8.58. The molecule has 1 amide bonds. The van der Waals surface area contributed by atoms with Crippen molar-refractivity contribution < 1.29 is 24.5 Å². The molecule has 0 aromatic rings. The smallest absolute Gasteiger partial charge is 0.306 e. The normalized spacial score (nSPS) is 13.6. The lowest BCUT2D eigenvalue weighted by atomic mass is 10.0. The monoisotopic (exact) mass is 924 g/mol. The van der Waals surface area contributed by atoms with E-state index < -0.39 is 18.2 Å². The zero-order valence-electron chi connectivity index (χ0n) is 43.8. The molecule has 0 heterocycles. The number of nitrogens with one attached hydrogen (secondary N) is 1. The molecule has 0 aromatic carbocycles. The highest BCUT2D eigenvalue weighted by atomic mass is 16.5. The van der Waals surface area contributed by atoms with Crippen molar-refractivity contribution in [2.45, 2.75) is 302 Å². The molecule has 66 heavy (non-hydrogen) atoms. The molecule has 0 fully saturated rings. The van der Waals surface area contributed by atoms with Crippen molar-refractivity contribution in [1.82, 2.24) is 5.32 Å². The van der Waals surface area contributed by atoms with Gasteiger partial charge >= 0.3 is 5.97 Å². The summed E-state index contributed by atoms with van der Waals surface area (Å²) >= 11 is 0. The number of hydrogen-bond acceptors (Lipinski definition) is 5. The van der Waals surface area contributed by atoms with Crippen LogP contribution in [0.2, 0.25) is 0 Å². The topological polar surface area (TPSA) is 95.9 Å². The van der Waals surface area contributed by atoms with E-state index in [0.29, 0.717) is 19.3 Å². The van der Waals surface area contributed by atoms with E-state index in [4.69, 9.17) is 4.74 Å². The summed E-state index contributed by atoms with van der Waals surface area (Å²) in [4.78, 5) is 26.2. The molecule has 0 aliphatic heterocycles. The van der Waals surface area contributed by atoms with Gasteiger partial charge in [-0.3, -0.25) is 9.59 Å². The first-order chi connectivity index (χ1) is 32.5. The fraction of sp³-hybridized carbons (Fsp3) is 0.800. The van der Waals surface area contributed by atoms with Crippen molar-refractivity contribution in [1.29, 1.82) is 0 Å². The second kappa shape index (κ2) is 53.5. The summed E-state index contributed by atoms with van der Waals surface area (Å²) in [5, 5.41) is 23.9. The molecular formula is C60H109NO5. The summed E-state index contributed by atoms with van der Waals surface area (Å²) in [5.74, 6) is -0.520. The average Bonchev–Trinajstić information content (AvgIpc) is 3.31. The Hall–Kier alpha value is -2.44. The van der Waals surface area contributed by atoms with Crippen molar-refractivity contribution in [3.63, 3.8) is 0 Å². The molecule has 0 saturated heterocycles. The van der Waals surface area contributed by atoms with E-state index in [-0.39, 0.29) is 24.9 Å². The van der Waals surface area contributed by atoms with Crippen LogP contribution in [0.1, 0.15) is 284 Å². The van der Waals surface area contributed by atoms with Crippen LogP contribution in [0, 0.1) is 0 Å². The van der Waals surface area contributed by atoms with E-state index in [1.54, 1.807) is 0 Å². The minimum atomic E-state index is -0.803. The number of aliphatic hydroxyl groups is 2. The number of ether oxygens (including phenoxy) is 1. The van der Waals surface area contributed by atoms with E-state index >= 15 is 0 Å². The van der Waals surface area contributed by atoms with Crippen molar-refractivity contribution >= 4 is 11.9 Å². The third-order valence-electron chi connectivity index (χ3n) is 12.9. The standard InChI is InChI=1S/C60H109NO5/c1-4-7-10-13-16-19-22-25-28-29-32-33-36-39-42-45-48-51-56(66-60(65)53-50-47-44-41-38-35-31-27-24-21-18-15-12-9-6-3)54-59(64)61-57(55-62)58(63)52-49-46-43-40-37-34-30-26-23-20-17-14-11-8-5-2/h7,10,16,19,25,28,32-33,39,42,56-58,62-63H,4-6,8-9,11-15,17-18,20-24,26-27,29-31,34-38,40-41,43-55H2,1-3H3,(H,61,64)/b10-7-,19-16-,28-25-,33-32-,42-39-. The van der Waals surface area contributed by atoms with E-state index in [1.165, 1.54) is 154 Å². The maximum atomic E-state index is 13.3. The third kappa shape index (κ3) is 48.0. The first-order valence-electron chi connectivity index (χ1n) is 28.5. The number of amides is 1. The quantitative estimate of drug-likeness (QED) is 0.0321. The highest BCUT2D eigenvalue weighted by molar-refractivity contribution is 5.77. The number of carbonyl (C=O) groups excluding carboxylic acids is 2. The van der Waals surface area contributed by atoms with Gasteiger partial charge in [0.2, 0.25) is 5.91 Å². The van der Waals surface area contributed by atoms with Gasteiger partial charge in [-0.25, -0.2) is 0 Å². The molecule has 0 spiro atoms. The lowest BCUT2D eigenvalue weighted by molar-refractivity contribution is -0.151. The molecule has 0 aliphatic carbocycles. The van der Waals surface area contributed by atoms with Crippen LogP contribution in [0.4, 0.5) is 0 Å². The summed E-state index contributed by atoms with van der Waals surface area (Å²) < 4.78 is 5.93. The molecule has 0 saturated carbocycles. The maximum absolute atomic E-state index is 13.3. The molecule has 0 aliphatic rings. The lowest BCUT2D eigenvalue weighted by Crippen LogP contribution is -2.46. The maximum Gasteiger partial charge on any atom is 0.306 e. The number of esters is 1. The second-order valence-electron chi connectivity index (χ2n) is 19.3. The van der Waals surface area contributed by atoms with Crippen LogP contribution >= 0.6 is 0 Å². The SMILES string of the molecule is CC/C=C\C/C=C\C/C=C\C/C=C\C/C=C\CCCC(CC(=O)NC(CO)C(O)CCCCCCCCCCCCCCCCC)OC(=O)CCCCCCCCCCCCCCCCC. The Bertz CT molecular complexity index is 1170. The van der Waals surface area contributed by atoms with Gasteiger partial charge in [-0.05, 0) is 64.2 Å². The minimum Gasteiger partial charge on any atom is -0.462 e. The number of unbranched alkanes of at least 4 members (excludes halogenated alkanes) is 29. The summed E-state index contributed by atoms with van der Waals surface area (Å²) in [6.45, 7) is 6.38. The first kappa shape index (κ1) is 63.6. The average molecular weight is 925 g/mol. The largest absolute Gasteiger partial charge is 0.462 e. The molecule has 3 unspecified atom stereocenters. The predicted molar refractivity (Wildman–Crippen MR) is 287 cm³/mol. The Kier molecular flexibility index (Phi) is 51.5. The van der Waals surface area contributed by atoms with E-state index in [1.807, 2.05) is 0 Å². The Morgan fingerprint density at radius 1 is 0.455 bits per heavy atom. The Balaban J connectivity index is 4.65. The molecule has 0 rings (SSSR count). The summed E-state index contributed by atoms with van der Waals surface area (Å²) in [7, 11) is 0. The van der Waals surface area contributed by atoms with Crippen molar-refractivity contribution in [3.8, 4) is 0 Å². The highest BCUT2D eigenvalue weighted by Crippen LogP contribution is 2.18. The summed E-state index contributed by atoms with van der Waals surface area (Å²) in [6, 6.07) is -0.720. The van der Waals surface area contributed by atoms with E-state index in [2.05, 4.69) is 86.8 Å². The fourth-order valence-electron chi connectivity index (χ4n) is 8.58. The van der Waals surface area contributed by atoms with Gasteiger partial charge in [0.25, 0.3) is 0 Å². The van der Waals surface area contributed by atoms with Crippen molar-refractivity contribution in [2.75, 3.05) is 6.61 Å². The Labute approximate surface area is 409 Å². The molecule has 6 nitrogen and oxygen atoms in total. The molecule has 0 bridgehead atoms. The van der Waals surface area contributed by atoms with Crippen LogP contribution in [-0.2, 0) is 14.3 Å². The van der Waals surface area contributed by atoms with Gasteiger partial charge in [-0.15, -0.1) is 0 Å². The Morgan fingerprint density at radius 3 is 1.21 bits per heavy atom. The Morgan fingerprint density at radius 2 is 0.818 bits per heavy atom. The zero-order valence-corrected chi connectivity index (χ0v) is 43.8. The minimum absolute atomic E-state index is 0.0401. The van der Waals surface area contributed by atoms with Gasteiger partial charge in [-0.1, -0.05) is 268 Å². The molecule has 0 aromatic heterocycles. The van der Waals surface area contributed by atoms with Crippen LogP contribution in [0.25, 0.3) is 0 Å². The molecule has 6 heteroatoms. The zero-order chi connectivity index (χ0) is 48.1. The second-order valence-corrected chi connectivity index (χ2v) is 19.3. The molecule has 0 radical (unpaired) electrons. The number of allylic oxidation sites excluding steroid dienone is 10. The van der Waals surface area contributed by atoms with Gasteiger partial charge in [0.15, 0.2) is 0 Å². The van der Waals surface area contributed by atoms with E-state index in [0.717, 1.165) is 83.5 Å².